The van der Waals surface area contributed by atoms with Crippen molar-refractivity contribution in [2.24, 2.45) is 47.3 Å². The summed E-state index contributed by atoms with van der Waals surface area (Å²) in [7, 11) is 1.14. The highest BCUT2D eigenvalue weighted by Crippen LogP contribution is 2.67. The monoisotopic (exact) mass is 534 g/mol. The minimum absolute atomic E-state index is 0.0230. The maximum Gasteiger partial charge on any atom is 0.450 e. The number of hydrogen-bond donors (Lipinski definition) is 0. The highest BCUT2D eigenvalue weighted by atomic mass is 19.4. The highest BCUT2D eigenvalue weighted by Gasteiger charge is 2.85. The van der Waals surface area contributed by atoms with Crippen LogP contribution < -0.4 is 0 Å². The number of carbonyl (C=O) groups is 1. The van der Waals surface area contributed by atoms with Crippen LogP contribution in [0.2, 0.25) is 0 Å². The molecule has 4 saturated carbocycles. The molecule has 0 amide bonds. The number of ether oxygens (including phenoxy) is 4. The van der Waals surface area contributed by atoms with Gasteiger partial charge in [-0.15, -0.1) is 0 Å². The topological polar surface area (TPSA) is 54.0 Å². The summed E-state index contributed by atoms with van der Waals surface area (Å²) in [6, 6.07) is 0. The molecule has 5 aliphatic carbocycles. The Morgan fingerprint density at radius 3 is 2.35 bits per heavy atom. The molecule has 1 aliphatic heterocycles. The molecule has 1 saturated heterocycles. The number of halogens is 5. The molecule has 10 atom stereocenters. The van der Waals surface area contributed by atoms with E-state index in [1.807, 2.05) is 0 Å². The van der Waals surface area contributed by atoms with Gasteiger partial charge in [-0.1, -0.05) is 31.4 Å². The summed E-state index contributed by atoms with van der Waals surface area (Å²) in [4.78, 5) is 13.3. The Bertz CT molecular complexity index is 948. The van der Waals surface area contributed by atoms with Gasteiger partial charge in [0, 0.05) is 13.0 Å². The number of methoxy groups -OCH3 is 1. The molecule has 5 nitrogen and oxygen atoms in total. The molecule has 6 rings (SSSR count). The molecule has 0 aromatic heterocycles. The van der Waals surface area contributed by atoms with Crippen molar-refractivity contribution in [3.63, 3.8) is 0 Å². The van der Waals surface area contributed by atoms with Crippen LogP contribution in [0.25, 0.3) is 0 Å². The summed E-state index contributed by atoms with van der Waals surface area (Å²) in [5.74, 6) is -8.76. The zero-order chi connectivity index (χ0) is 26.4. The van der Waals surface area contributed by atoms with E-state index in [-0.39, 0.29) is 5.92 Å². The van der Waals surface area contributed by atoms with Crippen LogP contribution in [-0.2, 0) is 23.7 Å². The summed E-state index contributed by atoms with van der Waals surface area (Å²) in [6.45, 7) is -0.312. The average Bonchev–Trinajstić information content (AvgIpc) is 3.65. The number of allylic oxidation sites excluding steroid dienone is 2. The molecular weight excluding hydrogens is 499 g/mol. The van der Waals surface area contributed by atoms with E-state index in [4.69, 9.17) is 18.9 Å². The van der Waals surface area contributed by atoms with Gasteiger partial charge < -0.3 is 18.9 Å². The number of rotatable bonds is 6. The smallest absolute Gasteiger partial charge is 0.450 e. The Morgan fingerprint density at radius 2 is 1.70 bits per heavy atom. The second-order valence-electron chi connectivity index (χ2n) is 12.4. The van der Waals surface area contributed by atoms with Gasteiger partial charge >= 0.3 is 23.9 Å². The Labute approximate surface area is 213 Å². The molecule has 1 heterocycles. The fourth-order valence-electron chi connectivity index (χ4n) is 8.79. The molecule has 37 heavy (non-hydrogen) atoms. The van der Waals surface area contributed by atoms with Crippen molar-refractivity contribution in [3.05, 3.63) is 12.2 Å². The van der Waals surface area contributed by atoms with Crippen molar-refractivity contribution in [2.45, 2.75) is 88.1 Å². The van der Waals surface area contributed by atoms with Gasteiger partial charge in [0.1, 0.15) is 0 Å². The lowest BCUT2D eigenvalue weighted by atomic mass is 9.69. The fourth-order valence-corrected chi connectivity index (χ4v) is 8.79. The Morgan fingerprint density at radius 1 is 1.03 bits per heavy atom. The molecule has 0 aromatic rings. The van der Waals surface area contributed by atoms with E-state index >= 15 is 8.78 Å². The summed E-state index contributed by atoms with van der Waals surface area (Å²) in [5.41, 5.74) is -2.83. The van der Waals surface area contributed by atoms with Crippen molar-refractivity contribution in [1.29, 1.82) is 0 Å². The van der Waals surface area contributed by atoms with Gasteiger partial charge in [0.15, 0.2) is 6.29 Å². The van der Waals surface area contributed by atoms with Crippen molar-refractivity contribution in [3.8, 4) is 0 Å². The van der Waals surface area contributed by atoms with E-state index in [2.05, 4.69) is 12.2 Å². The maximum atomic E-state index is 15.9. The highest BCUT2D eigenvalue weighted by molar-refractivity contribution is 5.74. The van der Waals surface area contributed by atoms with E-state index < -0.39 is 54.2 Å². The molecule has 0 spiro atoms. The third kappa shape index (κ3) is 3.60. The molecule has 0 aromatic carbocycles. The largest absolute Gasteiger partial charge is 0.450 e. The molecule has 0 N–H and O–H groups in total. The SMILES string of the molecule is COC(OC1(C(F)(F)F)OCC(C)(OC(=O)C2CC3CC2C2C4C=CC(C4)C32)C1(F)F)C1CCCCC1. The van der Waals surface area contributed by atoms with E-state index in [1.54, 1.807) is 0 Å². The molecule has 0 radical (unpaired) electrons. The first kappa shape index (κ1) is 26.0. The minimum atomic E-state index is -5.60. The first-order chi connectivity index (χ1) is 17.4. The van der Waals surface area contributed by atoms with Gasteiger partial charge in [0.2, 0.25) is 5.60 Å². The van der Waals surface area contributed by atoms with E-state index in [9.17, 15) is 18.0 Å². The van der Waals surface area contributed by atoms with E-state index in [0.717, 1.165) is 46.1 Å². The first-order valence-corrected chi connectivity index (χ1v) is 13.6. The minimum Gasteiger partial charge on any atom is -0.450 e. The number of carbonyl (C=O) groups excluding carboxylic acids is 1. The Hall–Kier alpha value is -1.26. The van der Waals surface area contributed by atoms with Gasteiger partial charge in [-0.05, 0) is 74.5 Å². The van der Waals surface area contributed by atoms with Gasteiger partial charge in [0.05, 0.1) is 12.5 Å². The van der Waals surface area contributed by atoms with Gasteiger partial charge in [-0.25, -0.2) is 0 Å². The van der Waals surface area contributed by atoms with Crippen LogP contribution in [0.5, 0.6) is 0 Å². The molecule has 10 heteroatoms. The summed E-state index contributed by atoms with van der Waals surface area (Å²) >= 11 is 0. The summed E-state index contributed by atoms with van der Waals surface area (Å²) in [6.07, 6.45) is 3.23. The maximum absolute atomic E-state index is 15.9. The number of fused-ring (bicyclic) bond motifs is 9. The zero-order valence-electron chi connectivity index (χ0n) is 21.1. The van der Waals surface area contributed by atoms with Gasteiger partial charge in [-0.3, -0.25) is 4.79 Å². The normalized spacial score (nSPS) is 46.9. The molecule has 4 bridgehead atoms. The number of alkyl halides is 5. The molecule has 5 fully saturated rings. The van der Waals surface area contributed by atoms with Crippen LogP contribution in [0.3, 0.4) is 0 Å². The molecular formula is C27H35F5O5. The Balaban J connectivity index is 1.22. The quantitative estimate of drug-likeness (QED) is 0.140. The number of hydrogen-bond acceptors (Lipinski definition) is 5. The third-order valence-electron chi connectivity index (χ3n) is 10.4. The average molecular weight is 535 g/mol. The van der Waals surface area contributed by atoms with Crippen LogP contribution in [-0.4, -0.2) is 49.5 Å². The predicted molar refractivity (Wildman–Crippen MR) is 120 cm³/mol. The second kappa shape index (κ2) is 8.62. The van der Waals surface area contributed by atoms with E-state index in [0.29, 0.717) is 48.9 Å². The lowest BCUT2D eigenvalue weighted by Gasteiger charge is -2.42. The lowest BCUT2D eigenvalue weighted by Crippen LogP contribution is -2.66. The van der Waals surface area contributed by atoms with Gasteiger partial charge in [-0.2, -0.15) is 22.0 Å². The standard InChI is InChI=1S/C27H35F5O5/c1-24(36-22(33)19-12-17-11-18(19)21-16-9-8-15(10-16)20(17)21)13-35-26(25(24,28)29,27(30,31)32)37-23(34-2)14-6-4-3-5-7-14/h8-9,14-21,23H,3-7,10-13H2,1-2H3. The Kier molecular flexibility index (Phi) is 6.05. The molecule has 208 valence electrons. The van der Waals surface area contributed by atoms with Crippen molar-refractivity contribution in [2.75, 3.05) is 13.7 Å². The van der Waals surface area contributed by atoms with Crippen LogP contribution in [0.4, 0.5) is 22.0 Å². The summed E-state index contributed by atoms with van der Waals surface area (Å²) in [5, 5.41) is 0. The molecule has 10 unspecified atom stereocenters. The van der Waals surface area contributed by atoms with Crippen molar-refractivity contribution >= 4 is 5.97 Å². The van der Waals surface area contributed by atoms with Crippen LogP contribution in [0.15, 0.2) is 12.2 Å². The van der Waals surface area contributed by atoms with Crippen molar-refractivity contribution < 1.29 is 45.7 Å². The van der Waals surface area contributed by atoms with Crippen molar-refractivity contribution in [1.82, 2.24) is 0 Å². The summed E-state index contributed by atoms with van der Waals surface area (Å²) < 4.78 is 95.4. The van der Waals surface area contributed by atoms with Crippen LogP contribution >= 0.6 is 0 Å². The van der Waals surface area contributed by atoms with E-state index in [1.165, 1.54) is 0 Å². The predicted octanol–water partition coefficient (Wildman–Crippen LogP) is 5.88. The third-order valence-corrected chi connectivity index (χ3v) is 10.4. The first-order valence-electron chi connectivity index (χ1n) is 13.6. The molecule has 6 aliphatic rings. The van der Waals surface area contributed by atoms with Gasteiger partial charge in [0.25, 0.3) is 0 Å². The van der Waals surface area contributed by atoms with Crippen LogP contribution in [0, 0.1) is 47.3 Å². The number of esters is 1. The zero-order valence-corrected chi connectivity index (χ0v) is 21.1. The van der Waals surface area contributed by atoms with Crippen LogP contribution in [0.1, 0.15) is 58.3 Å². The fraction of sp³-hybridized carbons (Fsp3) is 0.889. The second-order valence-corrected chi connectivity index (χ2v) is 12.4. The lowest BCUT2D eigenvalue weighted by molar-refractivity contribution is -0.453.